The van der Waals surface area contributed by atoms with Crippen molar-refractivity contribution in [1.29, 1.82) is 0 Å². The Morgan fingerprint density at radius 3 is 1.83 bits per heavy atom. The molecule has 0 amide bonds. The van der Waals surface area contributed by atoms with Crippen LogP contribution in [0.2, 0.25) is 0 Å². The molecule has 18 heavy (non-hydrogen) atoms. The number of hydrogen-bond acceptors (Lipinski definition) is 3. The van der Waals surface area contributed by atoms with Gasteiger partial charge in [-0.3, -0.25) is 9.59 Å². The van der Waals surface area contributed by atoms with Crippen LogP contribution < -0.4 is 4.74 Å². The summed E-state index contributed by atoms with van der Waals surface area (Å²) in [6.45, 7) is 9.45. The predicted molar refractivity (Wildman–Crippen MR) is 71.3 cm³/mol. The van der Waals surface area contributed by atoms with E-state index in [1.807, 2.05) is 27.7 Å². The number of rotatable bonds is 4. The summed E-state index contributed by atoms with van der Waals surface area (Å²) in [5, 5.41) is 0. The fourth-order valence-electron chi connectivity index (χ4n) is 1.89. The molecule has 1 aromatic rings. The third kappa shape index (κ3) is 3.19. The predicted octanol–water partition coefficient (Wildman–Crippen LogP) is 3.67. The van der Waals surface area contributed by atoms with Crippen molar-refractivity contribution in [2.75, 3.05) is 0 Å². The summed E-state index contributed by atoms with van der Waals surface area (Å²) in [6.07, 6.45) is 0.829. The Bertz CT molecular complexity index is 430. The SMILES string of the molecule is CC(=O)Oc1c(C(C)C)cc(C=O)cc1C(C)C. The molecule has 0 saturated carbocycles. The molecular formula is C15H20O3. The molecule has 0 aliphatic carbocycles. The van der Waals surface area contributed by atoms with E-state index in [1.54, 1.807) is 12.1 Å². The van der Waals surface area contributed by atoms with E-state index in [1.165, 1.54) is 6.92 Å². The fraction of sp³-hybridized carbons (Fsp3) is 0.467. The molecule has 0 heterocycles. The molecule has 3 nitrogen and oxygen atoms in total. The molecule has 0 bridgehead atoms. The minimum Gasteiger partial charge on any atom is -0.426 e. The Balaban J connectivity index is 3.49. The van der Waals surface area contributed by atoms with E-state index in [2.05, 4.69) is 0 Å². The first-order chi connectivity index (χ1) is 8.36. The number of aldehydes is 1. The quantitative estimate of drug-likeness (QED) is 0.464. The summed E-state index contributed by atoms with van der Waals surface area (Å²) in [6, 6.07) is 3.59. The average molecular weight is 248 g/mol. The largest absolute Gasteiger partial charge is 0.426 e. The lowest BCUT2D eigenvalue weighted by Crippen LogP contribution is -2.09. The van der Waals surface area contributed by atoms with E-state index in [4.69, 9.17) is 4.74 Å². The molecule has 0 spiro atoms. The molecule has 1 rings (SSSR count). The van der Waals surface area contributed by atoms with E-state index >= 15 is 0 Å². The number of carbonyl (C=O) groups excluding carboxylic acids is 2. The molecule has 1 aromatic carbocycles. The number of ether oxygens (including phenoxy) is 1. The normalized spacial score (nSPS) is 10.8. The highest BCUT2D eigenvalue weighted by Gasteiger charge is 2.18. The van der Waals surface area contributed by atoms with Gasteiger partial charge in [0.2, 0.25) is 0 Å². The van der Waals surface area contributed by atoms with Gasteiger partial charge >= 0.3 is 5.97 Å². The maximum atomic E-state index is 11.2. The summed E-state index contributed by atoms with van der Waals surface area (Å²) in [5.41, 5.74) is 2.43. The molecule has 0 fully saturated rings. The standard InChI is InChI=1S/C15H20O3/c1-9(2)13-6-12(8-16)7-14(10(3)4)15(13)18-11(5)17/h6-10H,1-5H3. The summed E-state index contributed by atoms with van der Waals surface area (Å²) in [7, 11) is 0. The van der Waals surface area contributed by atoms with Gasteiger partial charge < -0.3 is 4.74 Å². The molecule has 98 valence electrons. The molecular weight excluding hydrogens is 228 g/mol. The van der Waals surface area contributed by atoms with Gasteiger partial charge in [0, 0.05) is 12.5 Å². The van der Waals surface area contributed by atoms with Gasteiger partial charge in [0.15, 0.2) is 0 Å². The smallest absolute Gasteiger partial charge is 0.308 e. The molecule has 3 heteroatoms. The van der Waals surface area contributed by atoms with E-state index in [0.29, 0.717) is 11.3 Å². The van der Waals surface area contributed by atoms with Crippen LogP contribution in [0.25, 0.3) is 0 Å². The maximum Gasteiger partial charge on any atom is 0.308 e. The topological polar surface area (TPSA) is 43.4 Å². The lowest BCUT2D eigenvalue weighted by molar-refractivity contribution is -0.132. The first kappa shape index (κ1) is 14.4. The number of benzene rings is 1. The van der Waals surface area contributed by atoms with Crippen LogP contribution in [0, 0.1) is 0 Å². The molecule has 0 N–H and O–H groups in total. The molecule has 0 aliphatic rings. The lowest BCUT2D eigenvalue weighted by Gasteiger charge is -2.19. The van der Waals surface area contributed by atoms with Crippen molar-refractivity contribution >= 4 is 12.3 Å². The van der Waals surface area contributed by atoms with Crippen molar-refractivity contribution in [3.63, 3.8) is 0 Å². The van der Waals surface area contributed by atoms with Crippen LogP contribution in [0.1, 0.15) is 67.9 Å². The Labute approximate surface area is 108 Å². The van der Waals surface area contributed by atoms with E-state index in [0.717, 1.165) is 17.4 Å². The molecule has 0 aliphatic heterocycles. The molecule has 0 radical (unpaired) electrons. The second kappa shape index (κ2) is 5.80. The summed E-state index contributed by atoms with van der Waals surface area (Å²) < 4.78 is 5.34. The third-order valence-corrected chi connectivity index (χ3v) is 2.79. The van der Waals surface area contributed by atoms with Gasteiger partial charge in [-0.2, -0.15) is 0 Å². The van der Waals surface area contributed by atoms with Crippen LogP contribution in [0.15, 0.2) is 12.1 Å². The number of esters is 1. The Morgan fingerprint density at radius 2 is 1.56 bits per heavy atom. The zero-order valence-corrected chi connectivity index (χ0v) is 11.6. The van der Waals surface area contributed by atoms with Crippen molar-refractivity contribution in [1.82, 2.24) is 0 Å². The van der Waals surface area contributed by atoms with E-state index in [9.17, 15) is 9.59 Å². The minimum atomic E-state index is -0.336. The van der Waals surface area contributed by atoms with Gasteiger partial charge in [-0.15, -0.1) is 0 Å². The Hall–Kier alpha value is -1.64. The van der Waals surface area contributed by atoms with E-state index in [-0.39, 0.29) is 17.8 Å². The Kier molecular flexibility index (Phi) is 4.65. The van der Waals surface area contributed by atoms with Gasteiger partial charge in [-0.25, -0.2) is 0 Å². The molecule has 0 saturated heterocycles. The second-order valence-electron chi connectivity index (χ2n) is 5.05. The van der Waals surface area contributed by atoms with Crippen LogP contribution in [0.3, 0.4) is 0 Å². The first-order valence-corrected chi connectivity index (χ1v) is 6.18. The van der Waals surface area contributed by atoms with Crippen molar-refractivity contribution < 1.29 is 14.3 Å². The highest BCUT2D eigenvalue weighted by atomic mass is 16.5. The van der Waals surface area contributed by atoms with Gasteiger partial charge in [-0.05, 0) is 35.1 Å². The summed E-state index contributed by atoms with van der Waals surface area (Å²) in [5.74, 6) is 0.657. The van der Waals surface area contributed by atoms with Crippen LogP contribution >= 0.6 is 0 Å². The Morgan fingerprint density at radius 1 is 1.11 bits per heavy atom. The van der Waals surface area contributed by atoms with Crippen LogP contribution in [-0.2, 0) is 4.79 Å². The van der Waals surface area contributed by atoms with Crippen LogP contribution in [0.5, 0.6) is 5.75 Å². The van der Waals surface area contributed by atoms with Crippen molar-refractivity contribution in [2.45, 2.75) is 46.5 Å². The zero-order chi connectivity index (χ0) is 13.9. The second-order valence-corrected chi connectivity index (χ2v) is 5.05. The number of carbonyl (C=O) groups is 2. The molecule has 0 unspecified atom stereocenters. The van der Waals surface area contributed by atoms with Crippen molar-refractivity contribution in [3.05, 3.63) is 28.8 Å². The minimum absolute atomic E-state index is 0.191. The highest BCUT2D eigenvalue weighted by molar-refractivity contribution is 5.78. The van der Waals surface area contributed by atoms with Gasteiger partial charge in [0.05, 0.1) is 0 Å². The highest BCUT2D eigenvalue weighted by Crippen LogP contribution is 2.35. The van der Waals surface area contributed by atoms with Crippen LogP contribution in [0.4, 0.5) is 0 Å². The average Bonchev–Trinajstić information content (AvgIpc) is 2.27. The van der Waals surface area contributed by atoms with Gasteiger partial charge in [0.25, 0.3) is 0 Å². The van der Waals surface area contributed by atoms with Crippen LogP contribution in [-0.4, -0.2) is 12.3 Å². The zero-order valence-electron chi connectivity index (χ0n) is 11.6. The number of hydrogen-bond donors (Lipinski definition) is 0. The fourth-order valence-corrected chi connectivity index (χ4v) is 1.89. The third-order valence-electron chi connectivity index (χ3n) is 2.79. The first-order valence-electron chi connectivity index (χ1n) is 6.18. The summed E-state index contributed by atoms with van der Waals surface area (Å²) in [4.78, 5) is 22.2. The van der Waals surface area contributed by atoms with Crippen molar-refractivity contribution in [3.8, 4) is 5.75 Å². The maximum absolute atomic E-state index is 11.2. The molecule has 0 aromatic heterocycles. The van der Waals surface area contributed by atoms with Gasteiger partial charge in [-0.1, -0.05) is 27.7 Å². The van der Waals surface area contributed by atoms with Crippen molar-refractivity contribution in [2.24, 2.45) is 0 Å². The monoisotopic (exact) mass is 248 g/mol. The lowest BCUT2D eigenvalue weighted by atomic mass is 9.91. The summed E-state index contributed by atoms with van der Waals surface area (Å²) >= 11 is 0. The molecule has 0 atom stereocenters. The van der Waals surface area contributed by atoms with Gasteiger partial charge in [0.1, 0.15) is 12.0 Å². The van der Waals surface area contributed by atoms with E-state index < -0.39 is 0 Å².